The third kappa shape index (κ3) is 3.17. The van der Waals surface area contributed by atoms with Gasteiger partial charge in [0.1, 0.15) is 0 Å². The van der Waals surface area contributed by atoms with E-state index in [0.717, 1.165) is 21.1 Å². The van der Waals surface area contributed by atoms with E-state index in [-0.39, 0.29) is 0 Å². The van der Waals surface area contributed by atoms with Gasteiger partial charge in [0.25, 0.3) is 0 Å². The van der Waals surface area contributed by atoms with E-state index >= 15 is 0 Å². The van der Waals surface area contributed by atoms with Crippen LogP contribution in [0.15, 0.2) is 22.7 Å². The molecule has 3 atom stereocenters. The Labute approximate surface area is 117 Å². The van der Waals surface area contributed by atoms with Gasteiger partial charge in [0, 0.05) is 10.5 Å². The van der Waals surface area contributed by atoms with E-state index in [2.05, 4.69) is 41.2 Å². The van der Waals surface area contributed by atoms with E-state index < -0.39 is 0 Å². The van der Waals surface area contributed by atoms with Crippen molar-refractivity contribution in [2.75, 3.05) is 5.32 Å². The summed E-state index contributed by atoms with van der Waals surface area (Å²) >= 11 is 9.67. The standard InChI is InChI=1S/C14H19BrClN/c1-9-4-3-5-13(10(9)2)17-14-7-6-11(15)8-12(14)16/h6-10,13,17H,3-5H2,1-2H3. The first-order valence-electron chi connectivity index (χ1n) is 6.29. The molecule has 17 heavy (non-hydrogen) atoms. The van der Waals surface area contributed by atoms with E-state index in [1.54, 1.807) is 0 Å². The van der Waals surface area contributed by atoms with Gasteiger partial charge >= 0.3 is 0 Å². The highest BCUT2D eigenvalue weighted by atomic mass is 79.9. The third-order valence-corrected chi connectivity index (χ3v) is 4.78. The predicted octanol–water partition coefficient (Wildman–Crippen LogP) is 5.34. The minimum absolute atomic E-state index is 0.553. The van der Waals surface area contributed by atoms with Gasteiger partial charge in [0.05, 0.1) is 10.7 Å². The molecule has 1 nitrogen and oxygen atoms in total. The molecule has 0 saturated heterocycles. The Morgan fingerprint density at radius 2 is 2.06 bits per heavy atom. The summed E-state index contributed by atoms with van der Waals surface area (Å²) < 4.78 is 1.03. The first kappa shape index (κ1) is 13.2. The number of hydrogen-bond acceptors (Lipinski definition) is 1. The topological polar surface area (TPSA) is 12.0 Å². The second kappa shape index (κ2) is 5.62. The highest BCUT2D eigenvalue weighted by molar-refractivity contribution is 9.10. The van der Waals surface area contributed by atoms with E-state index in [1.807, 2.05) is 12.1 Å². The molecule has 0 heterocycles. The molecule has 1 saturated carbocycles. The number of hydrogen-bond donors (Lipinski definition) is 1. The first-order valence-corrected chi connectivity index (χ1v) is 7.46. The van der Waals surface area contributed by atoms with Crippen LogP contribution < -0.4 is 5.32 Å². The minimum Gasteiger partial charge on any atom is -0.381 e. The Balaban J connectivity index is 2.09. The average molecular weight is 317 g/mol. The summed E-state index contributed by atoms with van der Waals surface area (Å²) in [5, 5.41) is 4.40. The number of halogens is 2. The molecule has 2 rings (SSSR count). The Kier molecular flexibility index (Phi) is 4.37. The molecular formula is C14H19BrClN. The van der Waals surface area contributed by atoms with Crippen LogP contribution in [-0.2, 0) is 0 Å². The molecule has 94 valence electrons. The Bertz CT molecular complexity index is 394. The fourth-order valence-corrected chi connectivity index (χ4v) is 3.32. The summed E-state index contributed by atoms with van der Waals surface area (Å²) in [4.78, 5) is 0. The second-order valence-corrected chi connectivity index (χ2v) is 6.47. The van der Waals surface area contributed by atoms with Crippen LogP contribution in [0.4, 0.5) is 5.69 Å². The maximum Gasteiger partial charge on any atom is 0.0648 e. The molecule has 1 aromatic carbocycles. The maximum absolute atomic E-state index is 6.24. The van der Waals surface area contributed by atoms with Crippen LogP contribution in [0.25, 0.3) is 0 Å². The zero-order chi connectivity index (χ0) is 12.4. The van der Waals surface area contributed by atoms with Crippen molar-refractivity contribution in [2.45, 2.75) is 39.2 Å². The van der Waals surface area contributed by atoms with Gasteiger partial charge in [0.2, 0.25) is 0 Å². The lowest BCUT2D eigenvalue weighted by molar-refractivity contribution is 0.253. The molecule has 3 heteroatoms. The van der Waals surface area contributed by atoms with Gasteiger partial charge in [0.15, 0.2) is 0 Å². The average Bonchev–Trinajstić information content (AvgIpc) is 2.28. The van der Waals surface area contributed by atoms with Gasteiger partial charge in [-0.1, -0.05) is 54.2 Å². The molecule has 1 N–H and O–H groups in total. The van der Waals surface area contributed by atoms with Crippen LogP contribution in [0, 0.1) is 11.8 Å². The number of anilines is 1. The molecule has 0 aliphatic heterocycles. The molecule has 0 spiro atoms. The summed E-state index contributed by atoms with van der Waals surface area (Å²) in [5.74, 6) is 1.51. The molecule has 1 aromatic rings. The highest BCUT2D eigenvalue weighted by Gasteiger charge is 2.27. The van der Waals surface area contributed by atoms with Crippen molar-refractivity contribution in [3.63, 3.8) is 0 Å². The van der Waals surface area contributed by atoms with E-state index in [0.29, 0.717) is 12.0 Å². The van der Waals surface area contributed by atoms with Crippen LogP contribution in [0.5, 0.6) is 0 Å². The lowest BCUT2D eigenvalue weighted by atomic mass is 9.78. The van der Waals surface area contributed by atoms with Crippen LogP contribution in [0.2, 0.25) is 5.02 Å². The van der Waals surface area contributed by atoms with Crippen molar-refractivity contribution >= 4 is 33.2 Å². The summed E-state index contributed by atoms with van der Waals surface area (Å²) in [6.45, 7) is 4.69. The van der Waals surface area contributed by atoms with Crippen LogP contribution in [0.3, 0.4) is 0 Å². The first-order chi connectivity index (χ1) is 8.08. The predicted molar refractivity (Wildman–Crippen MR) is 78.7 cm³/mol. The van der Waals surface area contributed by atoms with Gasteiger partial charge < -0.3 is 5.32 Å². The van der Waals surface area contributed by atoms with Crippen molar-refractivity contribution in [1.29, 1.82) is 0 Å². The quantitative estimate of drug-likeness (QED) is 0.776. The minimum atomic E-state index is 0.553. The van der Waals surface area contributed by atoms with Gasteiger partial charge in [-0.15, -0.1) is 0 Å². The van der Waals surface area contributed by atoms with Gasteiger partial charge in [-0.3, -0.25) is 0 Å². The Morgan fingerprint density at radius 1 is 1.29 bits per heavy atom. The molecule has 1 aliphatic carbocycles. The summed E-state index contributed by atoms with van der Waals surface area (Å²) in [7, 11) is 0. The van der Waals surface area contributed by atoms with Gasteiger partial charge in [-0.25, -0.2) is 0 Å². The van der Waals surface area contributed by atoms with E-state index in [9.17, 15) is 0 Å². The second-order valence-electron chi connectivity index (χ2n) is 5.14. The molecule has 1 aliphatic rings. The zero-order valence-electron chi connectivity index (χ0n) is 10.3. The van der Waals surface area contributed by atoms with Crippen LogP contribution in [-0.4, -0.2) is 6.04 Å². The Morgan fingerprint density at radius 3 is 2.76 bits per heavy atom. The fraction of sp³-hybridized carbons (Fsp3) is 0.571. The largest absolute Gasteiger partial charge is 0.381 e. The molecule has 0 radical (unpaired) electrons. The molecule has 3 unspecified atom stereocenters. The summed E-state index contributed by atoms with van der Waals surface area (Å²) in [6.07, 6.45) is 3.92. The lowest BCUT2D eigenvalue weighted by Crippen LogP contribution is -2.35. The zero-order valence-corrected chi connectivity index (χ0v) is 12.7. The highest BCUT2D eigenvalue weighted by Crippen LogP contribution is 2.34. The van der Waals surface area contributed by atoms with Crippen molar-refractivity contribution in [1.82, 2.24) is 0 Å². The van der Waals surface area contributed by atoms with E-state index in [4.69, 9.17) is 11.6 Å². The SMILES string of the molecule is CC1CCCC(Nc2ccc(Br)cc2Cl)C1C. The molecule has 0 amide bonds. The van der Waals surface area contributed by atoms with E-state index in [1.165, 1.54) is 19.3 Å². The van der Waals surface area contributed by atoms with Crippen molar-refractivity contribution in [3.05, 3.63) is 27.7 Å². The fourth-order valence-electron chi connectivity index (χ4n) is 2.59. The molecule has 0 aromatic heterocycles. The smallest absolute Gasteiger partial charge is 0.0648 e. The van der Waals surface area contributed by atoms with Crippen molar-refractivity contribution < 1.29 is 0 Å². The number of benzene rings is 1. The maximum atomic E-state index is 6.24. The monoisotopic (exact) mass is 315 g/mol. The van der Waals surface area contributed by atoms with Crippen molar-refractivity contribution in [3.8, 4) is 0 Å². The van der Waals surface area contributed by atoms with Crippen molar-refractivity contribution in [2.24, 2.45) is 11.8 Å². The normalized spacial score (nSPS) is 29.1. The number of nitrogens with one attached hydrogen (secondary N) is 1. The lowest BCUT2D eigenvalue weighted by Gasteiger charge is -2.35. The van der Waals surface area contributed by atoms with Gasteiger partial charge in [-0.05, 0) is 36.5 Å². The van der Waals surface area contributed by atoms with Crippen LogP contribution >= 0.6 is 27.5 Å². The van der Waals surface area contributed by atoms with Crippen LogP contribution in [0.1, 0.15) is 33.1 Å². The summed E-state index contributed by atoms with van der Waals surface area (Å²) in [6, 6.07) is 6.59. The Hall–Kier alpha value is -0.210. The number of rotatable bonds is 2. The molecule has 0 bridgehead atoms. The third-order valence-electron chi connectivity index (χ3n) is 3.98. The molecule has 1 fully saturated rings. The molecular weight excluding hydrogens is 298 g/mol. The summed E-state index contributed by atoms with van der Waals surface area (Å²) in [5.41, 5.74) is 1.06. The van der Waals surface area contributed by atoms with Gasteiger partial charge in [-0.2, -0.15) is 0 Å².